The van der Waals surface area contributed by atoms with Crippen LogP contribution in [0.3, 0.4) is 0 Å². The number of nitrogens with one attached hydrogen (secondary N) is 1. The van der Waals surface area contributed by atoms with Gasteiger partial charge in [0.2, 0.25) is 0 Å². The number of hydrogen-bond acceptors (Lipinski definition) is 5. The Morgan fingerprint density at radius 1 is 1.33 bits per heavy atom. The van der Waals surface area contributed by atoms with E-state index in [4.69, 9.17) is 5.26 Å². The molecule has 0 aliphatic carbocycles. The maximum absolute atomic E-state index is 12.6. The molecule has 1 fully saturated rings. The third-order valence-electron chi connectivity index (χ3n) is 4.58. The first kappa shape index (κ1) is 19.1. The Morgan fingerprint density at radius 2 is 2.00 bits per heavy atom. The van der Waals surface area contributed by atoms with Gasteiger partial charge in [-0.15, -0.1) is 0 Å². The molecular formula is C19H22N4O3S. The van der Waals surface area contributed by atoms with Gasteiger partial charge in [-0.25, -0.2) is 8.42 Å². The van der Waals surface area contributed by atoms with Crippen LogP contribution >= 0.6 is 0 Å². The molecule has 0 spiro atoms. The van der Waals surface area contributed by atoms with Crippen molar-refractivity contribution in [2.45, 2.75) is 38.8 Å². The summed E-state index contributed by atoms with van der Waals surface area (Å²) < 4.78 is 25.5. The molecule has 1 aliphatic rings. The lowest BCUT2D eigenvalue weighted by molar-refractivity contribution is 0.0923. The minimum Gasteiger partial charge on any atom is -0.333 e. The molecule has 1 aliphatic heterocycles. The Hall–Kier alpha value is -2.66. The number of benzene rings is 1. The monoisotopic (exact) mass is 386 g/mol. The number of aromatic nitrogens is 2. The predicted molar refractivity (Wildman–Crippen MR) is 102 cm³/mol. The zero-order chi connectivity index (χ0) is 19.8. The second-order valence-electron chi connectivity index (χ2n) is 7.47. The first-order valence-corrected chi connectivity index (χ1v) is 10.5. The van der Waals surface area contributed by atoms with E-state index >= 15 is 0 Å². The first-order valence-electron chi connectivity index (χ1n) is 8.71. The van der Waals surface area contributed by atoms with E-state index in [1.807, 2.05) is 37.3 Å². The van der Waals surface area contributed by atoms with Gasteiger partial charge in [-0.2, -0.15) is 10.4 Å². The zero-order valence-corrected chi connectivity index (χ0v) is 16.4. The molecule has 1 amide bonds. The van der Waals surface area contributed by atoms with Crippen LogP contribution in [0.2, 0.25) is 0 Å². The Labute approximate surface area is 158 Å². The normalized spacial score (nSPS) is 18.8. The highest BCUT2D eigenvalue weighted by atomic mass is 32.2. The molecule has 0 bridgehead atoms. The number of rotatable bonds is 4. The summed E-state index contributed by atoms with van der Waals surface area (Å²) in [5.74, 6) is -0.332. The number of aryl methyl sites for hydroxylation is 1. The minimum atomic E-state index is -3.10. The maximum atomic E-state index is 12.6. The zero-order valence-electron chi connectivity index (χ0n) is 15.6. The van der Waals surface area contributed by atoms with Crippen LogP contribution in [-0.4, -0.2) is 41.2 Å². The summed E-state index contributed by atoms with van der Waals surface area (Å²) in [6.07, 6.45) is 0.466. The Bertz CT molecular complexity index is 1010. The molecule has 8 heteroatoms. The average Bonchev–Trinajstić information content (AvgIpc) is 3.18. The number of nitrogens with zero attached hydrogens (tertiary/aromatic N) is 3. The topological polar surface area (TPSA) is 105 Å². The fourth-order valence-corrected chi connectivity index (χ4v) is 4.76. The number of carbonyl (C=O) groups excluding carboxylic acids is 1. The fraction of sp³-hybridized carbons (Fsp3) is 0.421. The van der Waals surface area contributed by atoms with Gasteiger partial charge < -0.3 is 5.32 Å². The largest absolute Gasteiger partial charge is 0.333 e. The molecule has 1 unspecified atom stereocenters. The molecule has 1 atom stereocenters. The van der Waals surface area contributed by atoms with E-state index < -0.39 is 21.3 Å². The smallest absolute Gasteiger partial charge is 0.273 e. The van der Waals surface area contributed by atoms with Crippen LogP contribution in [0, 0.1) is 18.3 Å². The second-order valence-corrected chi connectivity index (χ2v) is 9.70. The molecule has 1 saturated heterocycles. The molecule has 142 valence electrons. The number of hydrogen-bond donors (Lipinski definition) is 1. The predicted octanol–water partition coefficient (Wildman–Crippen LogP) is 2.25. The van der Waals surface area contributed by atoms with Crippen LogP contribution in [0.15, 0.2) is 30.3 Å². The highest BCUT2D eigenvalue weighted by Crippen LogP contribution is 2.30. The number of nitriles is 1. The highest BCUT2D eigenvalue weighted by Gasteiger charge is 2.32. The Kier molecular flexibility index (Phi) is 4.82. The van der Waals surface area contributed by atoms with E-state index in [1.165, 1.54) is 0 Å². The summed E-state index contributed by atoms with van der Waals surface area (Å²) in [5.41, 5.74) is 1.79. The van der Waals surface area contributed by atoms with Crippen molar-refractivity contribution in [1.82, 2.24) is 15.1 Å². The van der Waals surface area contributed by atoms with Crippen LogP contribution in [0.5, 0.6) is 0 Å². The van der Waals surface area contributed by atoms with Crippen molar-refractivity contribution >= 4 is 15.7 Å². The Balaban J connectivity index is 2.03. The molecule has 0 saturated carbocycles. The SMILES string of the molecule is Cc1ccc(-c2cc(C(=O)NC(C)(C)C#N)nn2C2CCS(=O)(=O)C2)cc1. The van der Waals surface area contributed by atoms with Gasteiger partial charge in [-0.3, -0.25) is 9.48 Å². The molecule has 1 aromatic heterocycles. The third-order valence-corrected chi connectivity index (χ3v) is 6.33. The van der Waals surface area contributed by atoms with Gasteiger partial charge in [0.05, 0.1) is 29.3 Å². The molecule has 27 heavy (non-hydrogen) atoms. The second kappa shape index (κ2) is 6.82. The number of sulfone groups is 1. The van der Waals surface area contributed by atoms with Gasteiger partial charge in [0.25, 0.3) is 5.91 Å². The summed E-state index contributed by atoms with van der Waals surface area (Å²) in [7, 11) is -3.10. The lowest BCUT2D eigenvalue weighted by Crippen LogP contribution is -2.42. The molecule has 2 aromatic rings. The van der Waals surface area contributed by atoms with Crippen LogP contribution in [-0.2, 0) is 9.84 Å². The van der Waals surface area contributed by atoms with E-state index in [2.05, 4.69) is 10.4 Å². The van der Waals surface area contributed by atoms with Crippen molar-refractivity contribution in [1.29, 1.82) is 5.26 Å². The van der Waals surface area contributed by atoms with Crippen LogP contribution in [0.1, 0.15) is 42.4 Å². The maximum Gasteiger partial charge on any atom is 0.273 e. The van der Waals surface area contributed by atoms with Crippen LogP contribution in [0.4, 0.5) is 0 Å². The van der Waals surface area contributed by atoms with Crippen molar-refractivity contribution in [2.24, 2.45) is 0 Å². The summed E-state index contributed by atoms with van der Waals surface area (Å²) in [6, 6.07) is 11.1. The standard InChI is InChI=1S/C19H22N4O3S/c1-13-4-6-14(7-5-13)17-10-16(18(24)21-19(2,3)12-20)22-23(17)15-8-9-27(25,26)11-15/h4-7,10,15H,8-9,11H2,1-3H3,(H,21,24). The fourth-order valence-electron chi connectivity index (χ4n) is 3.07. The van der Waals surface area contributed by atoms with Crippen molar-refractivity contribution < 1.29 is 13.2 Å². The summed E-state index contributed by atoms with van der Waals surface area (Å²) in [5, 5.41) is 16.2. The minimum absolute atomic E-state index is 0.0122. The van der Waals surface area contributed by atoms with E-state index in [0.717, 1.165) is 11.1 Å². The van der Waals surface area contributed by atoms with E-state index in [-0.39, 0.29) is 23.2 Å². The molecule has 3 rings (SSSR count). The van der Waals surface area contributed by atoms with Gasteiger partial charge in [0.15, 0.2) is 15.5 Å². The molecule has 1 N–H and O–H groups in total. The summed E-state index contributed by atoms with van der Waals surface area (Å²) in [4.78, 5) is 12.6. The molecule has 7 nitrogen and oxygen atoms in total. The van der Waals surface area contributed by atoms with Crippen molar-refractivity contribution in [3.63, 3.8) is 0 Å². The summed E-state index contributed by atoms with van der Waals surface area (Å²) >= 11 is 0. The summed E-state index contributed by atoms with van der Waals surface area (Å²) in [6.45, 7) is 5.19. The van der Waals surface area contributed by atoms with E-state index in [9.17, 15) is 13.2 Å². The molecule has 0 radical (unpaired) electrons. The number of amides is 1. The number of carbonyl (C=O) groups is 1. The molecule has 2 heterocycles. The lowest BCUT2D eigenvalue weighted by atomic mass is 10.1. The first-order chi connectivity index (χ1) is 12.6. The quantitative estimate of drug-likeness (QED) is 0.868. The highest BCUT2D eigenvalue weighted by molar-refractivity contribution is 7.91. The lowest BCUT2D eigenvalue weighted by Gasteiger charge is -2.16. The van der Waals surface area contributed by atoms with Gasteiger partial charge in [0.1, 0.15) is 5.54 Å². The van der Waals surface area contributed by atoms with Crippen molar-refractivity contribution in [3.05, 3.63) is 41.6 Å². The van der Waals surface area contributed by atoms with Crippen LogP contribution < -0.4 is 5.32 Å². The van der Waals surface area contributed by atoms with Crippen molar-refractivity contribution in [2.75, 3.05) is 11.5 Å². The molecular weight excluding hydrogens is 364 g/mol. The van der Waals surface area contributed by atoms with Gasteiger partial charge in [-0.1, -0.05) is 29.8 Å². The molecule has 1 aromatic carbocycles. The van der Waals surface area contributed by atoms with E-state index in [0.29, 0.717) is 12.1 Å². The van der Waals surface area contributed by atoms with E-state index in [1.54, 1.807) is 24.6 Å². The average molecular weight is 386 g/mol. The van der Waals surface area contributed by atoms with Gasteiger partial charge >= 0.3 is 0 Å². The van der Waals surface area contributed by atoms with Gasteiger partial charge in [-0.05, 0) is 38.8 Å². The van der Waals surface area contributed by atoms with Gasteiger partial charge in [0, 0.05) is 0 Å². The Morgan fingerprint density at radius 3 is 2.56 bits per heavy atom. The third kappa shape index (κ3) is 4.19. The van der Waals surface area contributed by atoms with Crippen LogP contribution in [0.25, 0.3) is 11.3 Å². The van der Waals surface area contributed by atoms with Crippen molar-refractivity contribution in [3.8, 4) is 17.3 Å².